The molecule has 1 heterocycles. The number of benzene rings is 1. The third-order valence-corrected chi connectivity index (χ3v) is 4.29. The largest absolute Gasteiger partial charge is 0.354 e. The van der Waals surface area contributed by atoms with Crippen molar-refractivity contribution in [3.63, 3.8) is 0 Å². The maximum Gasteiger partial charge on any atom is 0.237 e. The molecule has 1 aromatic heterocycles. The predicted octanol–water partition coefficient (Wildman–Crippen LogP) is 2.33. The maximum absolute atomic E-state index is 11.9. The van der Waals surface area contributed by atoms with Gasteiger partial charge >= 0.3 is 0 Å². The van der Waals surface area contributed by atoms with E-state index in [4.69, 9.17) is 5.73 Å². The summed E-state index contributed by atoms with van der Waals surface area (Å²) in [5.74, 6) is -0.0985. The topological polar surface area (TPSA) is 68.0 Å². The van der Waals surface area contributed by atoms with Crippen LogP contribution in [0.5, 0.6) is 0 Å². The second kappa shape index (κ2) is 5.89. The number of aromatic nitrogens is 1. The molecule has 20 heavy (non-hydrogen) atoms. The number of para-hydroxylation sites is 1. The monoisotopic (exact) mass is 291 g/mol. The van der Waals surface area contributed by atoms with E-state index in [-0.39, 0.29) is 11.3 Å². The number of amides is 1. The first kappa shape index (κ1) is 14.9. The van der Waals surface area contributed by atoms with Gasteiger partial charge in [-0.05, 0) is 17.5 Å². The molecule has 0 saturated carbocycles. The number of nitrogens with zero attached hydrogens (tertiary/aromatic N) is 1. The minimum absolute atomic E-state index is 0.0985. The molecule has 0 unspecified atom stereocenters. The van der Waals surface area contributed by atoms with Crippen LogP contribution in [0.25, 0.3) is 10.2 Å². The lowest BCUT2D eigenvalue weighted by Gasteiger charge is -2.25. The van der Waals surface area contributed by atoms with Crippen LogP contribution in [0.2, 0.25) is 0 Å². The normalized spacial score (nSPS) is 13.4. The molecule has 4 nitrogen and oxygen atoms in total. The Balaban J connectivity index is 1.88. The Kier molecular flexibility index (Phi) is 4.40. The fourth-order valence-corrected chi connectivity index (χ4v) is 2.79. The highest BCUT2D eigenvalue weighted by atomic mass is 32.1. The van der Waals surface area contributed by atoms with Crippen molar-refractivity contribution in [1.29, 1.82) is 0 Å². The smallest absolute Gasteiger partial charge is 0.237 e. The third-order valence-electron chi connectivity index (χ3n) is 3.19. The van der Waals surface area contributed by atoms with Gasteiger partial charge in [0.1, 0.15) is 0 Å². The second-order valence-corrected chi connectivity index (χ2v) is 7.08. The van der Waals surface area contributed by atoms with Gasteiger partial charge in [0, 0.05) is 13.0 Å². The van der Waals surface area contributed by atoms with Gasteiger partial charge in [-0.25, -0.2) is 4.98 Å². The lowest BCUT2D eigenvalue weighted by molar-refractivity contribution is -0.124. The van der Waals surface area contributed by atoms with Gasteiger partial charge in [-0.2, -0.15) is 0 Å². The van der Waals surface area contributed by atoms with Gasteiger partial charge in [-0.3, -0.25) is 4.79 Å². The summed E-state index contributed by atoms with van der Waals surface area (Å²) in [7, 11) is 0. The lowest BCUT2D eigenvalue weighted by atomic mass is 9.87. The van der Waals surface area contributed by atoms with E-state index >= 15 is 0 Å². The first-order valence-electron chi connectivity index (χ1n) is 6.75. The molecule has 0 spiro atoms. The number of carbonyl (C=O) groups is 1. The van der Waals surface area contributed by atoms with Gasteiger partial charge in [-0.15, -0.1) is 11.3 Å². The summed E-state index contributed by atoms with van der Waals surface area (Å²) in [5.41, 5.74) is 6.71. The Bertz CT molecular complexity index is 567. The highest BCUT2D eigenvalue weighted by molar-refractivity contribution is 7.18. The summed E-state index contributed by atoms with van der Waals surface area (Å²) in [4.78, 5) is 16.4. The molecule has 5 heteroatoms. The standard InChI is InChI=1S/C15H21N3OS/c1-15(2,3)13(16)14(19)17-9-8-12-18-10-6-4-5-7-11(10)20-12/h4-7,13H,8-9,16H2,1-3H3,(H,17,19)/t13-/m1/s1. The minimum Gasteiger partial charge on any atom is -0.354 e. The number of hydrogen-bond acceptors (Lipinski definition) is 4. The van der Waals surface area contributed by atoms with Crippen LogP contribution >= 0.6 is 11.3 Å². The van der Waals surface area contributed by atoms with E-state index in [9.17, 15) is 4.79 Å². The van der Waals surface area contributed by atoms with E-state index in [1.165, 1.54) is 4.70 Å². The van der Waals surface area contributed by atoms with E-state index in [2.05, 4.69) is 16.4 Å². The molecule has 0 aliphatic heterocycles. The average Bonchev–Trinajstić information content (AvgIpc) is 2.79. The van der Waals surface area contributed by atoms with Crippen molar-refractivity contribution in [3.05, 3.63) is 29.3 Å². The van der Waals surface area contributed by atoms with Crippen LogP contribution in [-0.2, 0) is 11.2 Å². The number of fused-ring (bicyclic) bond motifs is 1. The van der Waals surface area contributed by atoms with E-state index in [1.807, 2.05) is 39.0 Å². The minimum atomic E-state index is -0.488. The van der Waals surface area contributed by atoms with Crippen LogP contribution in [0.1, 0.15) is 25.8 Å². The van der Waals surface area contributed by atoms with Gasteiger partial charge < -0.3 is 11.1 Å². The molecule has 0 saturated heterocycles. The molecule has 0 fully saturated rings. The van der Waals surface area contributed by atoms with Crippen molar-refractivity contribution in [3.8, 4) is 0 Å². The summed E-state index contributed by atoms with van der Waals surface area (Å²) in [6.45, 7) is 6.46. The van der Waals surface area contributed by atoms with Crippen LogP contribution in [0.3, 0.4) is 0 Å². The summed E-state index contributed by atoms with van der Waals surface area (Å²) in [6.07, 6.45) is 0.738. The first-order valence-corrected chi connectivity index (χ1v) is 7.57. The van der Waals surface area contributed by atoms with Gasteiger partial charge in [0.15, 0.2) is 0 Å². The van der Waals surface area contributed by atoms with Gasteiger partial charge in [0.05, 0.1) is 21.3 Å². The highest BCUT2D eigenvalue weighted by Gasteiger charge is 2.26. The van der Waals surface area contributed by atoms with E-state index in [1.54, 1.807) is 11.3 Å². The van der Waals surface area contributed by atoms with Crippen LogP contribution < -0.4 is 11.1 Å². The molecule has 0 aliphatic rings. The summed E-state index contributed by atoms with van der Waals surface area (Å²) in [5, 5.41) is 3.92. The van der Waals surface area contributed by atoms with Crippen LogP contribution in [0, 0.1) is 5.41 Å². The second-order valence-electron chi connectivity index (χ2n) is 5.96. The molecule has 0 bridgehead atoms. The first-order chi connectivity index (χ1) is 9.38. The fourth-order valence-electron chi connectivity index (χ4n) is 1.82. The quantitative estimate of drug-likeness (QED) is 0.908. The molecule has 1 aromatic carbocycles. The molecular weight excluding hydrogens is 270 g/mol. The van der Waals surface area contributed by atoms with Gasteiger partial charge in [-0.1, -0.05) is 32.9 Å². The molecule has 108 valence electrons. The lowest BCUT2D eigenvalue weighted by Crippen LogP contribution is -2.48. The maximum atomic E-state index is 11.9. The summed E-state index contributed by atoms with van der Waals surface area (Å²) >= 11 is 1.67. The van der Waals surface area contributed by atoms with Crippen molar-refractivity contribution in [2.24, 2.45) is 11.1 Å². The number of carbonyl (C=O) groups excluding carboxylic acids is 1. The third kappa shape index (κ3) is 3.55. The Labute approximate surface area is 123 Å². The number of rotatable bonds is 4. The van der Waals surface area contributed by atoms with Gasteiger partial charge in [0.2, 0.25) is 5.91 Å². The number of nitrogens with one attached hydrogen (secondary N) is 1. The molecule has 0 radical (unpaired) electrons. The Morgan fingerprint density at radius 3 is 2.75 bits per heavy atom. The highest BCUT2D eigenvalue weighted by Crippen LogP contribution is 2.21. The van der Waals surface area contributed by atoms with Crippen molar-refractivity contribution in [2.45, 2.75) is 33.2 Å². The van der Waals surface area contributed by atoms with Crippen molar-refractivity contribution in [1.82, 2.24) is 10.3 Å². The van der Waals surface area contributed by atoms with Crippen LogP contribution in [0.4, 0.5) is 0 Å². The number of hydrogen-bond donors (Lipinski definition) is 2. The number of nitrogens with two attached hydrogens (primary N) is 1. The molecular formula is C15H21N3OS. The number of thiazole rings is 1. The molecule has 2 aromatic rings. The predicted molar refractivity (Wildman–Crippen MR) is 83.8 cm³/mol. The molecule has 1 amide bonds. The van der Waals surface area contributed by atoms with Crippen LogP contribution in [0.15, 0.2) is 24.3 Å². The average molecular weight is 291 g/mol. The summed E-state index contributed by atoms with van der Waals surface area (Å²) < 4.78 is 1.18. The van der Waals surface area contributed by atoms with Crippen molar-refractivity contribution >= 4 is 27.5 Å². The summed E-state index contributed by atoms with van der Waals surface area (Å²) in [6, 6.07) is 7.57. The zero-order valence-corrected chi connectivity index (χ0v) is 13.0. The zero-order chi connectivity index (χ0) is 14.8. The fraction of sp³-hybridized carbons (Fsp3) is 0.467. The van der Waals surface area contributed by atoms with Crippen LogP contribution in [-0.4, -0.2) is 23.5 Å². The van der Waals surface area contributed by atoms with E-state index in [0.29, 0.717) is 6.54 Å². The Morgan fingerprint density at radius 1 is 1.40 bits per heavy atom. The molecule has 1 atom stereocenters. The Morgan fingerprint density at radius 2 is 2.10 bits per heavy atom. The SMILES string of the molecule is CC(C)(C)[C@H](N)C(=O)NCCc1nc2ccccc2s1. The van der Waals surface area contributed by atoms with Crippen molar-refractivity contribution < 1.29 is 4.79 Å². The van der Waals surface area contributed by atoms with Gasteiger partial charge in [0.25, 0.3) is 0 Å². The van der Waals surface area contributed by atoms with E-state index in [0.717, 1.165) is 16.9 Å². The Hall–Kier alpha value is -1.46. The molecule has 3 N–H and O–H groups in total. The zero-order valence-electron chi connectivity index (χ0n) is 12.1. The van der Waals surface area contributed by atoms with Crippen molar-refractivity contribution in [2.75, 3.05) is 6.54 Å². The molecule has 2 rings (SSSR count). The van der Waals surface area contributed by atoms with E-state index < -0.39 is 6.04 Å². The molecule has 0 aliphatic carbocycles.